The fourth-order valence-electron chi connectivity index (χ4n) is 4.71. The second-order valence-electron chi connectivity index (χ2n) is 9.52. The summed E-state index contributed by atoms with van der Waals surface area (Å²) in [5.74, 6) is -0.301. The molecular weight excluding hydrogens is 531 g/mol. The minimum Gasteiger partial charge on any atom is -0.494 e. The van der Waals surface area contributed by atoms with Gasteiger partial charge in [0.05, 0.1) is 18.5 Å². The van der Waals surface area contributed by atoms with Gasteiger partial charge in [0.2, 0.25) is 0 Å². The molecule has 1 aliphatic heterocycles. The summed E-state index contributed by atoms with van der Waals surface area (Å²) < 4.78 is 48.1. The third-order valence-corrected chi connectivity index (χ3v) is 8.22. The number of rotatable bonds is 9. The molecule has 0 bridgehead atoms. The number of halogens is 1. The standard InChI is InChI=1S/C30H33FN4O4S/c1-5-7-23-8-6-9-28(29(23)32-3)40(37,38)33-26-12-11-24(18-21(26)2)30(36)35-16-14-34(15-17-35)20-22-10-13-27(39-4)25(31)19-22/h5-13,18-19,33H,3,14-17,20H2,1-2,4H3/b7-5-. The highest BCUT2D eigenvalue weighted by molar-refractivity contribution is 7.92. The summed E-state index contributed by atoms with van der Waals surface area (Å²) in [5.41, 5.74) is 3.24. The number of piperazine rings is 1. The average molecular weight is 565 g/mol. The number of allylic oxidation sites excluding steroid dienone is 1. The Morgan fingerprint density at radius 2 is 1.88 bits per heavy atom. The highest BCUT2D eigenvalue weighted by Crippen LogP contribution is 2.31. The van der Waals surface area contributed by atoms with Crippen LogP contribution in [0.15, 0.2) is 70.6 Å². The van der Waals surface area contributed by atoms with Gasteiger partial charge in [0, 0.05) is 43.9 Å². The highest BCUT2D eigenvalue weighted by atomic mass is 32.2. The van der Waals surface area contributed by atoms with Crippen LogP contribution in [0.25, 0.3) is 6.08 Å². The first-order valence-electron chi connectivity index (χ1n) is 12.9. The Kier molecular flexibility index (Phi) is 9.01. The quantitative estimate of drug-likeness (QED) is 0.358. The normalized spacial score (nSPS) is 14.3. The Hall–Kier alpha value is -4.02. The van der Waals surface area contributed by atoms with Crippen LogP contribution in [0.3, 0.4) is 0 Å². The van der Waals surface area contributed by atoms with Gasteiger partial charge in [0.1, 0.15) is 4.90 Å². The lowest BCUT2D eigenvalue weighted by molar-refractivity contribution is 0.0628. The smallest absolute Gasteiger partial charge is 0.264 e. The summed E-state index contributed by atoms with van der Waals surface area (Å²) >= 11 is 0. The molecule has 0 spiro atoms. The van der Waals surface area contributed by atoms with Gasteiger partial charge in [0.25, 0.3) is 15.9 Å². The summed E-state index contributed by atoms with van der Waals surface area (Å²) in [6.07, 6.45) is 3.57. The summed E-state index contributed by atoms with van der Waals surface area (Å²) in [6, 6.07) is 14.8. The van der Waals surface area contributed by atoms with Crippen molar-refractivity contribution in [2.45, 2.75) is 25.3 Å². The van der Waals surface area contributed by atoms with E-state index in [-0.39, 0.29) is 22.2 Å². The zero-order valence-corrected chi connectivity index (χ0v) is 23.7. The monoisotopic (exact) mass is 564 g/mol. The van der Waals surface area contributed by atoms with Crippen molar-refractivity contribution >= 4 is 40.1 Å². The van der Waals surface area contributed by atoms with Crippen LogP contribution in [-0.2, 0) is 16.6 Å². The van der Waals surface area contributed by atoms with E-state index in [0.717, 1.165) is 5.56 Å². The van der Waals surface area contributed by atoms with Crippen molar-refractivity contribution in [3.8, 4) is 5.75 Å². The summed E-state index contributed by atoms with van der Waals surface area (Å²) in [7, 11) is -2.53. The van der Waals surface area contributed by atoms with Crippen LogP contribution in [0, 0.1) is 12.7 Å². The number of amides is 1. The number of benzene rings is 3. The first kappa shape index (κ1) is 29.0. The van der Waals surface area contributed by atoms with Crippen molar-refractivity contribution < 1.29 is 22.3 Å². The maximum absolute atomic E-state index is 14.0. The van der Waals surface area contributed by atoms with Crippen LogP contribution in [0.4, 0.5) is 15.8 Å². The van der Waals surface area contributed by atoms with E-state index in [0.29, 0.717) is 55.1 Å². The number of aliphatic imine (C=N–C) groups is 1. The molecule has 1 aliphatic rings. The number of anilines is 1. The number of carbonyl (C=O) groups excluding carboxylic acids is 1. The van der Waals surface area contributed by atoms with Crippen LogP contribution in [0.5, 0.6) is 5.75 Å². The van der Waals surface area contributed by atoms with Gasteiger partial charge >= 0.3 is 0 Å². The number of sulfonamides is 1. The summed E-state index contributed by atoms with van der Waals surface area (Å²) in [4.78, 5) is 21.1. The molecule has 3 aromatic carbocycles. The van der Waals surface area contributed by atoms with Crippen molar-refractivity contribution in [1.82, 2.24) is 9.80 Å². The van der Waals surface area contributed by atoms with Crippen molar-refractivity contribution in [3.05, 3.63) is 88.7 Å². The molecular formula is C30H33FN4O4S. The number of ether oxygens (including phenoxy) is 1. The lowest BCUT2D eigenvalue weighted by atomic mass is 10.1. The maximum atomic E-state index is 14.0. The molecule has 10 heteroatoms. The lowest BCUT2D eigenvalue weighted by Crippen LogP contribution is -2.48. The summed E-state index contributed by atoms with van der Waals surface area (Å²) in [5, 5.41) is 0. The Bertz CT molecular complexity index is 1550. The molecule has 0 atom stereocenters. The fraction of sp³-hybridized carbons (Fsp3) is 0.267. The number of aryl methyl sites for hydroxylation is 1. The van der Waals surface area contributed by atoms with Gasteiger partial charge in [-0.3, -0.25) is 19.4 Å². The predicted octanol–water partition coefficient (Wildman–Crippen LogP) is 5.27. The van der Waals surface area contributed by atoms with E-state index in [4.69, 9.17) is 4.74 Å². The molecule has 0 radical (unpaired) electrons. The van der Waals surface area contributed by atoms with E-state index >= 15 is 0 Å². The van der Waals surface area contributed by atoms with Crippen molar-refractivity contribution in [2.75, 3.05) is 38.0 Å². The molecule has 0 aliphatic carbocycles. The predicted molar refractivity (Wildman–Crippen MR) is 156 cm³/mol. The molecule has 3 aromatic rings. The zero-order valence-electron chi connectivity index (χ0n) is 22.9. The number of methoxy groups -OCH3 is 1. The summed E-state index contributed by atoms with van der Waals surface area (Å²) in [6.45, 7) is 10.1. The molecule has 4 rings (SSSR count). The van der Waals surface area contributed by atoms with E-state index in [2.05, 4.69) is 21.3 Å². The highest BCUT2D eigenvalue weighted by Gasteiger charge is 2.24. The Balaban J connectivity index is 1.41. The van der Waals surface area contributed by atoms with Crippen LogP contribution in [0.2, 0.25) is 0 Å². The number of carbonyl (C=O) groups is 1. The fourth-order valence-corrected chi connectivity index (χ4v) is 6.03. The zero-order chi connectivity index (χ0) is 28.9. The van der Waals surface area contributed by atoms with Gasteiger partial charge < -0.3 is 9.64 Å². The Labute approximate surface area is 234 Å². The Morgan fingerprint density at radius 1 is 1.12 bits per heavy atom. The molecule has 1 heterocycles. The van der Waals surface area contributed by atoms with Crippen LogP contribution in [-0.4, -0.2) is 64.1 Å². The van der Waals surface area contributed by atoms with Crippen molar-refractivity contribution in [1.29, 1.82) is 0 Å². The molecule has 40 heavy (non-hydrogen) atoms. The second-order valence-corrected chi connectivity index (χ2v) is 11.2. The molecule has 1 fully saturated rings. The largest absolute Gasteiger partial charge is 0.494 e. The van der Waals surface area contributed by atoms with Crippen molar-refractivity contribution in [3.63, 3.8) is 0 Å². The van der Waals surface area contributed by atoms with E-state index in [1.165, 1.54) is 19.2 Å². The first-order valence-corrected chi connectivity index (χ1v) is 14.3. The van der Waals surface area contributed by atoms with Gasteiger partial charge in [-0.15, -0.1) is 0 Å². The van der Waals surface area contributed by atoms with E-state index in [1.807, 2.05) is 13.0 Å². The number of hydrogen-bond acceptors (Lipinski definition) is 6. The topological polar surface area (TPSA) is 91.3 Å². The molecule has 1 saturated heterocycles. The van der Waals surface area contributed by atoms with E-state index in [1.54, 1.807) is 60.4 Å². The SMILES string of the molecule is C=Nc1c(/C=C\C)cccc1S(=O)(=O)Nc1ccc(C(=O)N2CCN(Cc3ccc(OC)c(F)c3)CC2)cc1C. The third-order valence-electron chi connectivity index (χ3n) is 6.82. The van der Waals surface area contributed by atoms with Crippen LogP contribution >= 0.6 is 0 Å². The third kappa shape index (κ3) is 6.40. The maximum Gasteiger partial charge on any atom is 0.264 e. The van der Waals surface area contributed by atoms with E-state index < -0.39 is 15.8 Å². The molecule has 0 unspecified atom stereocenters. The first-order chi connectivity index (χ1) is 19.2. The number of nitrogens with zero attached hydrogens (tertiary/aromatic N) is 3. The molecule has 0 saturated carbocycles. The van der Waals surface area contributed by atoms with Gasteiger partial charge in [-0.25, -0.2) is 12.8 Å². The van der Waals surface area contributed by atoms with Crippen LogP contribution < -0.4 is 9.46 Å². The van der Waals surface area contributed by atoms with Crippen molar-refractivity contribution in [2.24, 2.45) is 4.99 Å². The molecule has 0 aromatic heterocycles. The van der Waals surface area contributed by atoms with Gasteiger partial charge in [-0.2, -0.15) is 0 Å². The van der Waals surface area contributed by atoms with Gasteiger partial charge in [-0.1, -0.05) is 30.4 Å². The average Bonchev–Trinajstić information content (AvgIpc) is 2.94. The molecule has 210 valence electrons. The minimum absolute atomic E-state index is 0.0212. The number of hydrogen-bond donors (Lipinski definition) is 1. The van der Waals surface area contributed by atoms with Gasteiger partial charge in [-0.05, 0) is 68.1 Å². The second kappa shape index (κ2) is 12.4. The lowest BCUT2D eigenvalue weighted by Gasteiger charge is -2.35. The molecule has 8 nitrogen and oxygen atoms in total. The number of para-hydroxylation sites is 1. The van der Waals surface area contributed by atoms with Gasteiger partial charge in [0.15, 0.2) is 11.6 Å². The number of nitrogens with one attached hydrogen (secondary N) is 1. The van der Waals surface area contributed by atoms with E-state index in [9.17, 15) is 17.6 Å². The Morgan fingerprint density at radius 3 is 2.50 bits per heavy atom. The minimum atomic E-state index is -3.96. The van der Waals surface area contributed by atoms with Crippen LogP contribution in [0.1, 0.15) is 34.0 Å². The molecule has 1 N–H and O–H groups in total. The molecule has 1 amide bonds.